The SMILES string of the molecule is COc1cc(OC)c(OC)cc1CNC1CCCc2occc21. The van der Waals surface area contributed by atoms with Gasteiger partial charge in [-0.05, 0) is 25.0 Å². The summed E-state index contributed by atoms with van der Waals surface area (Å²) in [5.41, 5.74) is 2.32. The second-order valence-corrected chi connectivity index (χ2v) is 5.64. The summed E-state index contributed by atoms with van der Waals surface area (Å²) in [7, 11) is 4.93. The van der Waals surface area contributed by atoms with Crippen LogP contribution in [0.5, 0.6) is 17.2 Å². The van der Waals surface area contributed by atoms with Crippen LogP contribution < -0.4 is 19.5 Å². The number of aryl methyl sites for hydroxylation is 1. The van der Waals surface area contributed by atoms with E-state index in [1.807, 2.05) is 12.1 Å². The Hall–Kier alpha value is -2.14. The van der Waals surface area contributed by atoms with Crippen molar-refractivity contribution in [1.29, 1.82) is 0 Å². The van der Waals surface area contributed by atoms with Crippen molar-refractivity contribution in [2.45, 2.75) is 31.8 Å². The number of hydrogen-bond donors (Lipinski definition) is 1. The van der Waals surface area contributed by atoms with Crippen molar-refractivity contribution >= 4 is 0 Å². The molecule has 0 fully saturated rings. The van der Waals surface area contributed by atoms with E-state index in [4.69, 9.17) is 18.6 Å². The molecule has 0 radical (unpaired) electrons. The monoisotopic (exact) mass is 317 g/mol. The Morgan fingerprint density at radius 2 is 1.83 bits per heavy atom. The third-order valence-corrected chi connectivity index (χ3v) is 4.38. The zero-order chi connectivity index (χ0) is 16.2. The van der Waals surface area contributed by atoms with Gasteiger partial charge in [-0.3, -0.25) is 0 Å². The molecular formula is C18H23NO4. The van der Waals surface area contributed by atoms with Gasteiger partial charge in [0.2, 0.25) is 0 Å². The van der Waals surface area contributed by atoms with E-state index in [1.54, 1.807) is 27.6 Å². The van der Waals surface area contributed by atoms with Crippen molar-refractivity contribution < 1.29 is 18.6 Å². The summed E-state index contributed by atoms with van der Waals surface area (Å²) in [5.74, 6) is 3.27. The maximum atomic E-state index is 5.55. The number of methoxy groups -OCH3 is 3. The number of rotatable bonds is 6. The molecular weight excluding hydrogens is 294 g/mol. The highest BCUT2D eigenvalue weighted by atomic mass is 16.5. The third kappa shape index (κ3) is 3.15. The molecule has 1 heterocycles. The predicted molar refractivity (Wildman–Crippen MR) is 87.3 cm³/mol. The summed E-state index contributed by atoms with van der Waals surface area (Å²) in [6, 6.07) is 6.21. The van der Waals surface area contributed by atoms with Crippen molar-refractivity contribution in [2.24, 2.45) is 0 Å². The number of furan rings is 1. The average Bonchev–Trinajstić information content (AvgIpc) is 3.08. The van der Waals surface area contributed by atoms with Gasteiger partial charge in [0.25, 0.3) is 0 Å². The number of benzene rings is 1. The summed E-state index contributed by atoms with van der Waals surface area (Å²) >= 11 is 0. The highest BCUT2D eigenvalue weighted by Crippen LogP contribution is 2.36. The molecule has 1 aromatic heterocycles. The molecule has 5 heteroatoms. The molecule has 23 heavy (non-hydrogen) atoms. The summed E-state index contributed by atoms with van der Waals surface area (Å²) in [6.07, 6.45) is 5.06. The maximum absolute atomic E-state index is 5.55. The molecule has 1 aliphatic carbocycles. The quantitative estimate of drug-likeness (QED) is 0.884. The lowest BCUT2D eigenvalue weighted by molar-refractivity contribution is 0.346. The summed E-state index contributed by atoms with van der Waals surface area (Å²) < 4.78 is 21.8. The van der Waals surface area contributed by atoms with Gasteiger partial charge in [0.05, 0.1) is 27.6 Å². The molecule has 3 rings (SSSR count). The Bertz CT molecular complexity index is 665. The van der Waals surface area contributed by atoms with Gasteiger partial charge >= 0.3 is 0 Å². The third-order valence-electron chi connectivity index (χ3n) is 4.38. The molecule has 0 amide bonds. The first kappa shape index (κ1) is 15.7. The van der Waals surface area contributed by atoms with Gasteiger partial charge in [0.15, 0.2) is 11.5 Å². The van der Waals surface area contributed by atoms with Crippen LogP contribution in [0.15, 0.2) is 28.9 Å². The fraction of sp³-hybridized carbons (Fsp3) is 0.444. The molecule has 1 atom stereocenters. The van der Waals surface area contributed by atoms with Gasteiger partial charge in [-0.2, -0.15) is 0 Å². The summed E-state index contributed by atoms with van der Waals surface area (Å²) in [5, 5.41) is 3.61. The van der Waals surface area contributed by atoms with E-state index in [-0.39, 0.29) is 0 Å². The first-order valence-corrected chi connectivity index (χ1v) is 7.85. The Kier molecular flexibility index (Phi) is 4.76. The number of nitrogens with one attached hydrogen (secondary N) is 1. The molecule has 0 spiro atoms. The van der Waals surface area contributed by atoms with Crippen molar-refractivity contribution in [3.63, 3.8) is 0 Å². The first-order chi connectivity index (χ1) is 11.3. The lowest BCUT2D eigenvalue weighted by Gasteiger charge is -2.23. The van der Waals surface area contributed by atoms with Crippen LogP contribution in [0.25, 0.3) is 0 Å². The van der Waals surface area contributed by atoms with Crippen molar-refractivity contribution in [3.05, 3.63) is 41.3 Å². The van der Waals surface area contributed by atoms with Crippen LogP contribution in [-0.4, -0.2) is 21.3 Å². The predicted octanol–water partition coefficient (Wildman–Crippen LogP) is 3.47. The molecule has 1 aliphatic rings. The topological polar surface area (TPSA) is 52.9 Å². The largest absolute Gasteiger partial charge is 0.496 e. The van der Waals surface area contributed by atoms with E-state index in [0.717, 1.165) is 36.3 Å². The minimum absolute atomic E-state index is 0.315. The highest BCUT2D eigenvalue weighted by molar-refractivity contribution is 5.50. The minimum atomic E-state index is 0.315. The van der Waals surface area contributed by atoms with Crippen LogP contribution in [0.1, 0.15) is 35.8 Å². The Labute approximate surface area is 136 Å². The van der Waals surface area contributed by atoms with E-state index >= 15 is 0 Å². The fourth-order valence-corrected chi connectivity index (χ4v) is 3.16. The van der Waals surface area contributed by atoms with Gasteiger partial charge in [-0.25, -0.2) is 0 Å². The van der Waals surface area contributed by atoms with Crippen LogP contribution >= 0.6 is 0 Å². The molecule has 1 unspecified atom stereocenters. The molecule has 124 valence electrons. The molecule has 5 nitrogen and oxygen atoms in total. The summed E-state index contributed by atoms with van der Waals surface area (Å²) in [6.45, 7) is 0.693. The van der Waals surface area contributed by atoms with Crippen LogP contribution in [0, 0.1) is 0 Å². The Morgan fingerprint density at radius 3 is 2.57 bits per heavy atom. The average molecular weight is 317 g/mol. The van der Waals surface area contributed by atoms with Crippen molar-refractivity contribution in [1.82, 2.24) is 5.32 Å². The standard InChI is InChI=1S/C18H23NO4/c1-20-16-10-18(22-3)17(21-2)9-12(16)11-19-14-5-4-6-15-13(14)7-8-23-15/h7-10,14,19H,4-6,11H2,1-3H3. The smallest absolute Gasteiger partial charge is 0.164 e. The van der Waals surface area contributed by atoms with E-state index in [1.165, 1.54) is 5.56 Å². The van der Waals surface area contributed by atoms with E-state index in [9.17, 15) is 0 Å². The zero-order valence-electron chi connectivity index (χ0n) is 13.8. The minimum Gasteiger partial charge on any atom is -0.496 e. The molecule has 0 saturated heterocycles. The van der Waals surface area contributed by atoms with Gasteiger partial charge in [0, 0.05) is 36.2 Å². The maximum Gasteiger partial charge on any atom is 0.164 e. The van der Waals surface area contributed by atoms with E-state index < -0.39 is 0 Å². The van der Waals surface area contributed by atoms with Crippen LogP contribution in [0.3, 0.4) is 0 Å². The van der Waals surface area contributed by atoms with Gasteiger partial charge in [-0.15, -0.1) is 0 Å². The van der Waals surface area contributed by atoms with Crippen LogP contribution in [0.4, 0.5) is 0 Å². The summed E-state index contributed by atoms with van der Waals surface area (Å²) in [4.78, 5) is 0. The molecule has 0 aliphatic heterocycles. The number of fused-ring (bicyclic) bond motifs is 1. The van der Waals surface area contributed by atoms with Gasteiger partial charge in [-0.1, -0.05) is 0 Å². The Morgan fingerprint density at radius 1 is 1.09 bits per heavy atom. The van der Waals surface area contributed by atoms with E-state index in [2.05, 4.69) is 11.4 Å². The van der Waals surface area contributed by atoms with Crippen molar-refractivity contribution in [2.75, 3.05) is 21.3 Å². The highest BCUT2D eigenvalue weighted by Gasteiger charge is 2.22. The molecule has 0 bridgehead atoms. The second-order valence-electron chi connectivity index (χ2n) is 5.64. The van der Waals surface area contributed by atoms with Gasteiger partial charge < -0.3 is 23.9 Å². The molecule has 1 N–H and O–H groups in total. The number of hydrogen-bond acceptors (Lipinski definition) is 5. The fourth-order valence-electron chi connectivity index (χ4n) is 3.16. The normalized spacial score (nSPS) is 16.7. The first-order valence-electron chi connectivity index (χ1n) is 7.85. The van der Waals surface area contributed by atoms with Crippen molar-refractivity contribution in [3.8, 4) is 17.2 Å². The Balaban J connectivity index is 1.78. The second kappa shape index (κ2) is 6.96. The lowest BCUT2D eigenvalue weighted by atomic mass is 9.93. The van der Waals surface area contributed by atoms with Crippen LogP contribution in [-0.2, 0) is 13.0 Å². The van der Waals surface area contributed by atoms with E-state index in [0.29, 0.717) is 24.1 Å². The number of ether oxygens (including phenoxy) is 3. The van der Waals surface area contributed by atoms with Crippen LogP contribution in [0.2, 0.25) is 0 Å². The van der Waals surface area contributed by atoms with Gasteiger partial charge in [0.1, 0.15) is 11.5 Å². The molecule has 1 aromatic carbocycles. The lowest BCUT2D eigenvalue weighted by Crippen LogP contribution is -2.24. The zero-order valence-corrected chi connectivity index (χ0v) is 13.8. The molecule has 2 aromatic rings. The molecule has 0 saturated carbocycles.